The fourth-order valence-corrected chi connectivity index (χ4v) is 1.78. The van der Waals surface area contributed by atoms with Crippen molar-refractivity contribution < 1.29 is 32.5 Å². The SMILES string of the molecule is COC(OC)C(C)(O)c1ccccc1OC(F)(F)F. The number of hydrogen-bond donors (Lipinski definition) is 1. The lowest BCUT2D eigenvalue weighted by Crippen LogP contribution is -2.40. The van der Waals surface area contributed by atoms with E-state index in [0.717, 1.165) is 6.07 Å². The highest BCUT2D eigenvalue weighted by atomic mass is 19.4. The third-order valence-corrected chi connectivity index (χ3v) is 2.55. The second-order valence-electron chi connectivity index (χ2n) is 3.99. The highest BCUT2D eigenvalue weighted by molar-refractivity contribution is 5.38. The predicted molar refractivity (Wildman–Crippen MR) is 60.5 cm³/mol. The summed E-state index contributed by atoms with van der Waals surface area (Å²) in [5.74, 6) is -0.501. The van der Waals surface area contributed by atoms with Crippen LogP contribution in [0, 0.1) is 0 Å². The molecule has 0 amide bonds. The quantitative estimate of drug-likeness (QED) is 0.841. The van der Waals surface area contributed by atoms with Gasteiger partial charge in [0.2, 0.25) is 0 Å². The molecule has 0 bridgehead atoms. The minimum absolute atomic E-state index is 0.0824. The fraction of sp³-hybridized carbons (Fsp3) is 0.500. The van der Waals surface area contributed by atoms with E-state index in [4.69, 9.17) is 9.47 Å². The maximum Gasteiger partial charge on any atom is 0.573 e. The average Bonchev–Trinajstić information content (AvgIpc) is 2.28. The Hall–Kier alpha value is -1.31. The number of hydrogen-bond acceptors (Lipinski definition) is 4. The zero-order chi connectivity index (χ0) is 14.7. The number of aliphatic hydroxyl groups is 1. The van der Waals surface area contributed by atoms with Crippen LogP contribution in [0.25, 0.3) is 0 Å². The van der Waals surface area contributed by atoms with Gasteiger partial charge in [-0.15, -0.1) is 13.2 Å². The van der Waals surface area contributed by atoms with Gasteiger partial charge in [-0.25, -0.2) is 0 Å². The molecule has 1 aromatic rings. The molecular formula is C12H15F3O4. The van der Waals surface area contributed by atoms with Crippen LogP contribution in [0.5, 0.6) is 5.75 Å². The Morgan fingerprint density at radius 1 is 1.11 bits per heavy atom. The third-order valence-electron chi connectivity index (χ3n) is 2.55. The molecule has 0 spiro atoms. The van der Waals surface area contributed by atoms with E-state index in [2.05, 4.69) is 4.74 Å². The van der Waals surface area contributed by atoms with Gasteiger partial charge in [-0.3, -0.25) is 0 Å². The van der Waals surface area contributed by atoms with E-state index in [-0.39, 0.29) is 5.56 Å². The van der Waals surface area contributed by atoms with Crippen molar-refractivity contribution in [3.8, 4) is 5.75 Å². The maximum atomic E-state index is 12.3. The van der Waals surface area contributed by atoms with Crippen molar-refractivity contribution in [2.45, 2.75) is 25.2 Å². The van der Waals surface area contributed by atoms with E-state index in [1.54, 1.807) is 0 Å². The zero-order valence-corrected chi connectivity index (χ0v) is 10.7. The lowest BCUT2D eigenvalue weighted by Gasteiger charge is -2.32. The normalized spacial score (nSPS) is 15.4. The van der Waals surface area contributed by atoms with Crippen molar-refractivity contribution in [2.24, 2.45) is 0 Å². The van der Waals surface area contributed by atoms with Crippen molar-refractivity contribution in [3.05, 3.63) is 29.8 Å². The van der Waals surface area contributed by atoms with Crippen LogP contribution in [0.3, 0.4) is 0 Å². The first-order chi connectivity index (χ1) is 8.72. The molecule has 1 rings (SSSR count). The number of para-hydroxylation sites is 1. The topological polar surface area (TPSA) is 47.9 Å². The number of methoxy groups -OCH3 is 2. The Morgan fingerprint density at radius 2 is 1.63 bits per heavy atom. The van der Waals surface area contributed by atoms with E-state index in [9.17, 15) is 18.3 Å². The minimum atomic E-state index is -4.85. The summed E-state index contributed by atoms with van der Waals surface area (Å²) in [5, 5.41) is 10.3. The van der Waals surface area contributed by atoms with E-state index in [0.29, 0.717) is 0 Å². The van der Waals surface area contributed by atoms with Gasteiger partial charge in [0.05, 0.1) is 0 Å². The molecule has 0 heterocycles. The number of halogens is 3. The highest BCUT2D eigenvalue weighted by Crippen LogP contribution is 2.36. The molecule has 1 unspecified atom stereocenters. The van der Waals surface area contributed by atoms with Crippen LogP contribution in [-0.2, 0) is 15.1 Å². The molecule has 0 aliphatic heterocycles. The fourth-order valence-electron chi connectivity index (χ4n) is 1.78. The molecule has 0 aromatic heterocycles. The van der Waals surface area contributed by atoms with Gasteiger partial charge in [-0.2, -0.15) is 0 Å². The molecule has 0 aliphatic carbocycles. The number of ether oxygens (including phenoxy) is 3. The summed E-state index contributed by atoms with van der Waals surface area (Å²) < 4.78 is 50.6. The Bertz CT molecular complexity index is 414. The van der Waals surface area contributed by atoms with Crippen molar-refractivity contribution in [1.29, 1.82) is 0 Å². The molecule has 19 heavy (non-hydrogen) atoms. The van der Waals surface area contributed by atoms with Crippen molar-refractivity contribution in [2.75, 3.05) is 14.2 Å². The third kappa shape index (κ3) is 3.82. The molecule has 0 saturated heterocycles. The standard InChI is InChI=1S/C12H15F3O4/c1-11(16,10(17-2)18-3)8-6-4-5-7-9(8)19-12(13,14)15/h4-7,10,16H,1-3H3. The molecule has 1 aromatic carbocycles. The van der Waals surface area contributed by atoms with Crippen molar-refractivity contribution in [1.82, 2.24) is 0 Å². The van der Waals surface area contributed by atoms with Gasteiger partial charge in [-0.05, 0) is 13.0 Å². The molecule has 1 atom stereocenters. The van der Waals surface area contributed by atoms with Crippen LogP contribution in [0.4, 0.5) is 13.2 Å². The van der Waals surface area contributed by atoms with Crippen LogP contribution < -0.4 is 4.74 Å². The zero-order valence-electron chi connectivity index (χ0n) is 10.7. The molecule has 0 radical (unpaired) electrons. The number of rotatable bonds is 5. The Kier molecular flexibility index (Phi) is 4.78. The summed E-state index contributed by atoms with van der Waals surface area (Å²) in [6.07, 6.45) is -5.98. The highest BCUT2D eigenvalue weighted by Gasteiger charge is 2.40. The van der Waals surface area contributed by atoms with Crippen LogP contribution >= 0.6 is 0 Å². The average molecular weight is 280 g/mol. The molecule has 4 nitrogen and oxygen atoms in total. The Balaban J connectivity index is 3.19. The van der Waals surface area contributed by atoms with Gasteiger partial charge in [-0.1, -0.05) is 18.2 Å². The molecule has 0 fully saturated rings. The largest absolute Gasteiger partial charge is 0.573 e. The summed E-state index contributed by atoms with van der Waals surface area (Å²) in [4.78, 5) is 0. The summed E-state index contributed by atoms with van der Waals surface area (Å²) in [7, 11) is 2.55. The van der Waals surface area contributed by atoms with Gasteiger partial charge < -0.3 is 19.3 Å². The van der Waals surface area contributed by atoms with E-state index in [1.165, 1.54) is 39.3 Å². The predicted octanol–water partition coefficient (Wildman–Crippen LogP) is 2.41. The lowest BCUT2D eigenvalue weighted by atomic mass is 9.94. The Labute approximate surface area is 108 Å². The summed E-state index contributed by atoms with van der Waals surface area (Å²) in [6.45, 7) is 1.28. The van der Waals surface area contributed by atoms with Gasteiger partial charge in [0.25, 0.3) is 0 Å². The molecule has 7 heteroatoms. The second kappa shape index (κ2) is 5.77. The van der Waals surface area contributed by atoms with E-state index < -0.39 is 24.0 Å². The number of alkyl halides is 3. The first-order valence-corrected chi connectivity index (χ1v) is 5.35. The van der Waals surface area contributed by atoms with Gasteiger partial charge >= 0.3 is 6.36 Å². The first-order valence-electron chi connectivity index (χ1n) is 5.35. The van der Waals surface area contributed by atoms with Crippen molar-refractivity contribution in [3.63, 3.8) is 0 Å². The summed E-state index contributed by atoms with van der Waals surface area (Å²) in [6, 6.07) is 5.27. The Morgan fingerprint density at radius 3 is 2.11 bits per heavy atom. The summed E-state index contributed by atoms with van der Waals surface area (Å²) in [5.41, 5.74) is -1.88. The smallest absolute Gasteiger partial charge is 0.405 e. The van der Waals surface area contributed by atoms with E-state index in [1.807, 2.05) is 0 Å². The van der Waals surface area contributed by atoms with Crippen LogP contribution in [0.2, 0.25) is 0 Å². The van der Waals surface area contributed by atoms with Gasteiger partial charge in [0.15, 0.2) is 6.29 Å². The molecule has 108 valence electrons. The summed E-state index contributed by atoms with van der Waals surface area (Å²) >= 11 is 0. The van der Waals surface area contributed by atoms with Crippen LogP contribution in [0.15, 0.2) is 24.3 Å². The van der Waals surface area contributed by atoms with E-state index >= 15 is 0 Å². The van der Waals surface area contributed by atoms with Gasteiger partial charge in [0, 0.05) is 19.8 Å². The molecule has 0 aliphatic rings. The van der Waals surface area contributed by atoms with Crippen molar-refractivity contribution >= 4 is 0 Å². The van der Waals surface area contributed by atoms with Crippen LogP contribution in [-0.4, -0.2) is 32.0 Å². The first kappa shape index (κ1) is 15.7. The second-order valence-corrected chi connectivity index (χ2v) is 3.99. The van der Waals surface area contributed by atoms with Crippen LogP contribution in [0.1, 0.15) is 12.5 Å². The molecular weight excluding hydrogens is 265 g/mol. The maximum absolute atomic E-state index is 12.3. The van der Waals surface area contributed by atoms with Gasteiger partial charge in [0.1, 0.15) is 11.4 Å². The monoisotopic (exact) mass is 280 g/mol. The lowest BCUT2D eigenvalue weighted by molar-refractivity contribution is -0.276. The molecule has 1 N–H and O–H groups in total. The number of benzene rings is 1. The molecule has 0 saturated carbocycles. The minimum Gasteiger partial charge on any atom is -0.405 e.